The highest BCUT2D eigenvalue weighted by atomic mass is 35.5. The standard InChI is InChI=1S/C14H19ClN2O2/c1-11-6-4-7-12(2)14(11)17(13(18)10-15)9-5-8-16-19-3/h4,6-8H,5,9-10H2,1-3H3/b16-8+. The first-order chi connectivity index (χ1) is 9.11. The van der Waals surface area contributed by atoms with Crippen LogP contribution in [0.1, 0.15) is 17.5 Å². The average molecular weight is 283 g/mol. The zero-order chi connectivity index (χ0) is 14.3. The van der Waals surface area contributed by atoms with Crippen LogP contribution in [0, 0.1) is 13.8 Å². The molecule has 0 heterocycles. The average Bonchev–Trinajstić information content (AvgIpc) is 2.40. The third kappa shape index (κ3) is 4.24. The highest BCUT2D eigenvalue weighted by molar-refractivity contribution is 6.29. The fourth-order valence-corrected chi connectivity index (χ4v) is 2.12. The van der Waals surface area contributed by atoms with Crippen LogP contribution in [0.3, 0.4) is 0 Å². The molecule has 0 aliphatic heterocycles. The van der Waals surface area contributed by atoms with Gasteiger partial charge in [-0.05, 0) is 25.0 Å². The molecule has 19 heavy (non-hydrogen) atoms. The second-order valence-electron chi connectivity index (χ2n) is 4.18. The first-order valence-corrected chi connectivity index (χ1v) is 6.62. The first-order valence-electron chi connectivity index (χ1n) is 6.09. The summed E-state index contributed by atoms with van der Waals surface area (Å²) in [6.07, 6.45) is 2.26. The molecule has 1 amide bonds. The van der Waals surface area contributed by atoms with Gasteiger partial charge in [0.1, 0.15) is 13.0 Å². The number of carbonyl (C=O) groups excluding carboxylic acids is 1. The summed E-state index contributed by atoms with van der Waals surface area (Å²) < 4.78 is 0. The van der Waals surface area contributed by atoms with E-state index in [9.17, 15) is 4.79 Å². The van der Waals surface area contributed by atoms with Gasteiger partial charge >= 0.3 is 0 Å². The van der Waals surface area contributed by atoms with Gasteiger partial charge < -0.3 is 9.74 Å². The summed E-state index contributed by atoms with van der Waals surface area (Å²) in [6, 6.07) is 5.95. The number of nitrogens with zero attached hydrogens (tertiary/aromatic N) is 2. The molecular weight excluding hydrogens is 264 g/mol. The maximum atomic E-state index is 12.0. The highest BCUT2D eigenvalue weighted by Crippen LogP contribution is 2.25. The van der Waals surface area contributed by atoms with Crippen molar-refractivity contribution in [2.45, 2.75) is 20.3 Å². The molecule has 1 rings (SSSR count). The second kappa shape index (κ2) is 7.79. The minimum Gasteiger partial charge on any atom is -0.399 e. The van der Waals surface area contributed by atoms with Crippen LogP contribution >= 0.6 is 11.6 Å². The van der Waals surface area contributed by atoms with Crippen LogP contribution in [0.4, 0.5) is 5.69 Å². The van der Waals surface area contributed by atoms with E-state index in [0.29, 0.717) is 13.0 Å². The second-order valence-corrected chi connectivity index (χ2v) is 4.45. The Bertz CT molecular complexity index is 441. The molecule has 4 nitrogen and oxygen atoms in total. The molecule has 0 radical (unpaired) electrons. The number of carbonyl (C=O) groups is 1. The van der Waals surface area contributed by atoms with Gasteiger partial charge in [-0.3, -0.25) is 4.79 Å². The van der Waals surface area contributed by atoms with Crippen LogP contribution in [0.2, 0.25) is 0 Å². The molecule has 1 aromatic rings. The number of hydrogen-bond donors (Lipinski definition) is 0. The Kier molecular flexibility index (Phi) is 6.36. The Hall–Kier alpha value is -1.55. The predicted molar refractivity (Wildman–Crippen MR) is 79.1 cm³/mol. The highest BCUT2D eigenvalue weighted by Gasteiger charge is 2.17. The number of aryl methyl sites for hydroxylation is 2. The fraction of sp³-hybridized carbons (Fsp3) is 0.429. The van der Waals surface area contributed by atoms with E-state index in [1.165, 1.54) is 7.11 Å². The Balaban J connectivity index is 2.96. The number of benzene rings is 1. The number of anilines is 1. The van der Waals surface area contributed by atoms with E-state index < -0.39 is 0 Å². The van der Waals surface area contributed by atoms with Crippen LogP contribution in [0.15, 0.2) is 23.4 Å². The number of oxime groups is 1. The maximum Gasteiger partial charge on any atom is 0.241 e. The van der Waals surface area contributed by atoms with Crippen molar-refractivity contribution < 1.29 is 9.63 Å². The normalized spacial score (nSPS) is 10.7. The van der Waals surface area contributed by atoms with Crippen molar-refractivity contribution in [3.05, 3.63) is 29.3 Å². The van der Waals surface area contributed by atoms with Gasteiger partial charge in [0.05, 0.1) is 0 Å². The summed E-state index contributed by atoms with van der Waals surface area (Å²) in [5.74, 6) is -0.139. The van der Waals surface area contributed by atoms with E-state index in [1.807, 2.05) is 32.0 Å². The number of rotatable bonds is 6. The lowest BCUT2D eigenvalue weighted by atomic mass is 10.1. The molecule has 0 unspecified atom stereocenters. The van der Waals surface area contributed by atoms with Gasteiger partial charge in [-0.1, -0.05) is 23.4 Å². The lowest BCUT2D eigenvalue weighted by molar-refractivity contribution is -0.116. The van der Waals surface area contributed by atoms with Gasteiger partial charge in [-0.15, -0.1) is 11.6 Å². The quantitative estimate of drug-likeness (QED) is 0.457. The largest absolute Gasteiger partial charge is 0.399 e. The van der Waals surface area contributed by atoms with Crippen LogP contribution in [-0.4, -0.2) is 31.7 Å². The van der Waals surface area contributed by atoms with Gasteiger partial charge in [-0.25, -0.2) is 0 Å². The van der Waals surface area contributed by atoms with Crippen LogP contribution in [0.5, 0.6) is 0 Å². The van der Waals surface area contributed by atoms with Crippen molar-refractivity contribution in [1.82, 2.24) is 0 Å². The molecule has 0 aliphatic rings. The van der Waals surface area contributed by atoms with E-state index in [4.69, 9.17) is 11.6 Å². The third-order valence-electron chi connectivity index (χ3n) is 2.79. The fourth-order valence-electron chi connectivity index (χ4n) is 1.98. The zero-order valence-corrected chi connectivity index (χ0v) is 12.3. The Labute approximate surface area is 119 Å². The van der Waals surface area contributed by atoms with E-state index in [0.717, 1.165) is 16.8 Å². The smallest absolute Gasteiger partial charge is 0.241 e. The summed E-state index contributed by atoms with van der Waals surface area (Å²) >= 11 is 5.69. The molecule has 0 atom stereocenters. The molecule has 1 aromatic carbocycles. The zero-order valence-electron chi connectivity index (χ0n) is 11.5. The van der Waals surface area contributed by atoms with Crippen molar-refractivity contribution >= 4 is 29.4 Å². The summed E-state index contributed by atoms with van der Waals surface area (Å²) in [5.41, 5.74) is 3.04. The van der Waals surface area contributed by atoms with Crippen molar-refractivity contribution in [3.8, 4) is 0 Å². The molecule has 0 spiro atoms. The molecule has 0 aromatic heterocycles. The topological polar surface area (TPSA) is 41.9 Å². The summed E-state index contributed by atoms with van der Waals surface area (Å²) in [7, 11) is 1.49. The predicted octanol–water partition coefficient (Wildman–Crippen LogP) is 2.90. The summed E-state index contributed by atoms with van der Waals surface area (Å²) in [5, 5.41) is 3.67. The molecule has 5 heteroatoms. The molecule has 0 aliphatic carbocycles. The summed E-state index contributed by atoms with van der Waals surface area (Å²) in [4.78, 5) is 18.3. The molecule has 0 bridgehead atoms. The molecule has 0 saturated heterocycles. The van der Waals surface area contributed by atoms with E-state index in [-0.39, 0.29) is 11.8 Å². The monoisotopic (exact) mass is 282 g/mol. The van der Waals surface area contributed by atoms with Gasteiger partial charge in [0.15, 0.2) is 0 Å². The Morgan fingerprint density at radius 3 is 2.58 bits per heavy atom. The molecule has 104 valence electrons. The number of alkyl halides is 1. The summed E-state index contributed by atoms with van der Waals surface area (Å²) in [6.45, 7) is 4.50. The first kappa shape index (κ1) is 15.5. The lowest BCUT2D eigenvalue weighted by Gasteiger charge is -2.25. The van der Waals surface area contributed by atoms with Crippen LogP contribution in [0.25, 0.3) is 0 Å². The van der Waals surface area contributed by atoms with Crippen LogP contribution < -0.4 is 4.90 Å². The SMILES string of the molecule is CO/N=C/CCN(C(=O)CCl)c1c(C)cccc1C. The Morgan fingerprint density at radius 1 is 1.42 bits per heavy atom. The maximum absolute atomic E-state index is 12.0. The number of hydrogen-bond acceptors (Lipinski definition) is 3. The number of para-hydroxylation sites is 1. The van der Waals surface area contributed by atoms with Crippen molar-refractivity contribution in [2.24, 2.45) is 5.16 Å². The number of halogens is 1. The molecular formula is C14H19ClN2O2. The molecule has 0 fully saturated rings. The lowest BCUT2D eigenvalue weighted by Crippen LogP contribution is -2.34. The Morgan fingerprint density at radius 2 is 2.05 bits per heavy atom. The van der Waals surface area contributed by atoms with Gasteiger partial charge in [0.25, 0.3) is 0 Å². The van der Waals surface area contributed by atoms with Gasteiger partial charge in [0, 0.05) is 24.9 Å². The minimum absolute atomic E-state index is 0.0325. The van der Waals surface area contributed by atoms with Crippen LogP contribution in [-0.2, 0) is 9.63 Å². The van der Waals surface area contributed by atoms with Crippen molar-refractivity contribution in [2.75, 3.05) is 24.4 Å². The van der Waals surface area contributed by atoms with Gasteiger partial charge in [-0.2, -0.15) is 0 Å². The van der Waals surface area contributed by atoms with E-state index in [2.05, 4.69) is 9.99 Å². The molecule has 0 saturated carbocycles. The minimum atomic E-state index is -0.107. The molecule has 0 N–H and O–H groups in total. The van der Waals surface area contributed by atoms with Gasteiger partial charge in [0.2, 0.25) is 5.91 Å². The van der Waals surface area contributed by atoms with E-state index in [1.54, 1.807) is 11.1 Å². The van der Waals surface area contributed by atoms with E-state index >= 15 is 0 Å². The third-order valence-corrected chi connectivity index (χ3v) is 3.02. The van der Waals surface area contributed by atoms with Crippen molar-refractivity contribution in [1.29, 1.82) is 0 Å². The van der Waals surface area contributed by atoms with Crippen molar-refractivity contribution in [3.63, 3.8) is 0 Å². The number of amides is 1.